The molecule has 6 heteroatoms. The van der Waals surface area contributed by atoms with Crippen LogP contribution in [-0.2, 0) is 22.4 Å². The summed E-state index contributed by atoms with van der Waals surface area (Å²) in [7, 11) is 0. The highest BCUT2D eigenvalue weighted by atomic mass is 16.5. The molecule has 0 radical (unpaired) electrons. The largest absolute Gasteiger partial charge is 0.459 e. The minimum atomic E-state index is -0.360. The lowest BCUT2D eigenvalue weighted by Crippen LogP contribution is -2.40. The number of likely N-dealkylation sites (tertiary alicyclic amines) is 1. The van der Waals surface area contributed by atoms with Crippen molar-refractivity contribution in [2.24, 2.45) is 5.92 Å². The van der Waals surface area contributed by atoms with Crippen molar-refractivity contribution < 1.29 is 23.5 Å². The monoisotopic (exact) mass is 395 g/mol. The van der Waals surface area contributed by atoms with Gasteiger partial charge in [-0.2, -0.15) is 0 Å². The van der Waals surface area contributed by atoms with E-state index in [1.54, 1.807) is 17.0 Å². The van der Waals surface area contributed by atoms with Crippen LogP contribution in [0.4, 0.5) is 0 Å². The second-order valence-electron chi connectivity index (χ2n) is 7.77. The number of esters is 1. The first-order chi connectivity index (χ1) is 14.1. The number of amides is 1. The minimum absolute atomic E-state index is 0.163. The number of carbonyl (C=O) groups excluding carboxylic acids is 3. The molecule has 0 spiro atoms. The first-order valence-electron chi connectivity index (χ1n) is 10.3. The summed E-state index contributed by atoms with van der Waals surface area (Å²) in [6, 6.07) is 9.11. The zero-order valence-electron chi connectivity index (χ0n) is 16.4. The average molecular weight is 395 g/mol. The van der Waals surface area contributed by atoms with Crippen molar-refractivity contribution in [2.75, 3.05) is 19.7 Å². The molecule has 2 aromatic rings. The van der Waals surface area contributed by atoms with Crippen molar-refractivity contribution in [3.05, 3.63) is 59.0 Å². The predicted molar refractivity (Wildman–Crippen MR) is 106 cm³/mol. The summed E-state index contributed by atoms with van der Waals surface area (Å²) in [6.45, 7) is 0.708. The molecule has 2 aliphatic rings. The summed E-state index contributed by atoms with van der Waals surface area (Å²) in [6.07, 6.45) is 6.95. The van der Waals surface area contributed by atoms with Crippen LogP contribution in [0.3, 0.4) is 0 Å². The second-order valence-corrected chi connectivity index (χ2v) is 7.77. The van der Waals surface area contributed by atoms with Gasteiger partial charge in [0.25, 0.3) is 5.91 Å². The zero-order valence-corrected chi connectivity index (χ0v) is 16.4. The number of fused-ring (bicyclic) bond motifs is 1. The lowest BCUT2D eigenvalue weighted by molar-refractivity contribution is -0.148. The van der Waals surface area contributed by atoms with E-state index in [1.807, 2.05) is 18.2 Å². The molecule has 6 nitrogen and oxygen atoms in total. The van der Waals surface area contributed by atoms with Crippen LogP contribution >= 0.6 is 0 Å². The minimum Gasteiger partial charge on any atom is -0.459 e. The van der Waals surface area contributed by atoms with E-state index in [2.05, 4.69) is 0 Å². The van der Waals surface area contributed by atoms with Gasteiger partial charge in [-0.25, -0.2) is 0 Å². The predicted octanol–water partition coefficient (Wildman–Crippen LogP) is 3.44. The third-order valence-corrected chi connectivity index (χ3v) is 5.86. The lowest BCUT2D eigenvalue weighted by atomic mass is 9.90. The molecule has 29 heavy (non-hydrogen) atoms. The van der Waals surface area contributed by atoms with Gasteiger partial charge < -0.3 is 14.1 Å². The Labute approximate surface area is 169 Å². The summed E-state index contributed by atoms with van der Waals surface area (Å²) in [5, 5.41) is 0. The molecular formula is C23H25NO5. The van der Waals surface area contributed by atoms with Gasteiger partial charge in [-0.1, -0.05) is 12.1 Å². The Morgan fingerprint density at radius 2 is 1.79 bits per heavy atom. The molecule has 0 atom stereocenters. The van der Waals surface area contributed by atoms with E-state index < -0.39 is 0 Å². The van der Waals surface area contributed by atoms with Gasteiger partial charge in [0.1, 0.15) is 0 Å². The van der Waals surface area contributed by atoms with Crippen LogP contribution in [0.1, 0.15) is 57.7 Å². The molecule has 2 heterocycles. The maximum absolute atomic E-state index is 12.4. The highest BCUT2D eigenvalue weighted by Gasteiger charge is 2.30. The van der Waals surface area contributed by atoms with Gasteiger partial charge in [0, 0.05) is 18.7 Å². The number of piperidine rings is 1. The summed E-state index contributed by atoms with van der Waals surface area (Å²) in [4.78, 5) is 38.8. The first-order valence-corrected chi connectivity index (χ1v) is 10.3. The van der Waals surface area contributed by atoms with Gasteiger partial charge in [-0.15, -0.1) is 0 Å². The number of hydrogen-bond acceptors (Lipinski definition) is 5. The van der Waals surface area contributed by atoms with E-state index in [4.69, 9.17) is 9.15 Å². The number of hydrogen-bond donors (Lipinski definition) is 0. The van der Waals surface area contributed by atoms with Crippen LogP contribution in [0, 0.1) is 5.92 Å². The number of Topliss-reactive ketones (excluding diaryl/α,β-unsaturated/α-hetero) is 1. The number of benzene rings is 1. The number of rotatable bonds is 5. The molecule has 0 unspecified atom stereocenters. The van der Waals surface area contributed by atoms with Crippen molar-refractivity contribution in [1.29, 1.82) is 0 Å². The number of furan rings is 1. The topological polar surface area (TPSA) is 76.8 Å². The Bertz CT molecular complexity index is 894. The van der Waals surface area contributed by atoms with Gasteiger partial charge in [0.2, 0.25) is 0 Å². The van der Waals surface area contributed by atoms with Crippen molar-refractivity contribution in [1.82, 2.24) is 4.90 Å². The average Bonchev–Trinajstić information content (AvgIpc) is 3.31. The maximum atomic E-state index is 12.4. The molecule has 0 N–H and O–H groups in total. The summed E-state index contributed by atoms with van der Waals surface area (Å²) >= 11 is 0. The fraction of sp³-hybridized carbons (Fsp3) is 0.435. The van der Waals surface area contributed by atoms with Crippen molar-refractivity contribution in [3.63, 3.8) is 0 Å². The Balaban J connectivity index is 1.26. The summed E-state index contributed by atoms with van der Waals surface area (Å²) < 4.78 is 10.4. The Hall–Kier alpha value is -2.89. The van der Waals surface area contributed by atoms with Crippen LogP contribution in [-0.4, -0.2) is 42.3 Å². The second kappa shape index (κ2) is 8.64. The van der Waals surface area contributed by atoms with E-state index in [0.717, 1.165) is 19.3 Å². The first kappa shape index (κ1) is 19.4. The summed E-state index contributed by atoms with van der Waals surface area (Å²) in [5.74, 6) is -0.670. The molecule has 0 saturated carbocycles. The van der Waals surface area contributed by atoms with Gasteiger partial charge in [-0.3, -0.25) is 14.4 Å². The molecule has 0 bridgehead atoms. The Morgan fingerprint density at radius 1 is 1.03 bits per heavy atom. The third kappa shape index (κ3) is 4.42. The number of aryl methyl sites for hydroxylation is 2. The highest BCUT2D eigenvalue weighted by Crippen LogP contribution is 2.23. The van der Waals surface area contributed by atoms with Crippen LogP contribution in [0.5, 0.6) is 0 Å². The molecule has 1 fully saturated rings. The number of nitrogens with zero attached hydrogens (tertiary/aromatic N) is 1. The van der Waals surface area contributed by atoms with Crippen molar-refractivity contribution in [3.8, 4) is 0 Å². The lowest BCUT2D eigenvalue weighted by Gasteiger charge is -2.30. The Morgan fingerprint density at radius 3 is 2.52 bits per heavy atom. The molecule has 1 aliphatic heterocycles. The standard InChI is InChI=1S/C23H25NO5/c25-20(19-8-7-16-4-1-2-5-18(16)14-19)15-29-23(27)17-9-11-24(12-10-17)22(26)21-6-3-13-28-21/h3,6-8,13-14,17H,1-2,4-5,9-12,15H2. The van der Waals surface area contributed by atoms with Gasteiger partial charge in [-0.05, 0) is 67.9 Å². The van der Waals surface area contributed by atoms with Crippen LogP contribution in [0.2, 0.25) is 0 Å². The quantitative estimate of drug-likeness (QED) is 0.573. The fourth-order valence-electron chi connectivity index (χ4n) is 4.12. The molecule has 1 aromatic carbocycles. The fourth-order valence-corrected chi connectivity index (χ4v) is 4.12. The molecular weight excluding hydrogens is 370 g/mol. The smallest absolute Gasteiger partial charge is 0.309 e. The van der Waals surface area contributed by atoms with E-state index in [0.29, 0.717) is 37.3 Å². The maximum Gasteiger partial charge on any atom is 0.309 e. The summed E-state index contributed by atoms with van der Waals surface area (Å²) in [5.41, 5.74) is 3.17. The highest BCUT2D eigenvalue weighted by molar-refractivity contribution is 5.98. The van der Waals surface area contributed by atoms with Crippen molar-refractivity contribution >= 4 is 17.7 Å². The third-order valence-electron chi connectivity index (χ3n) is 5.86. The van der Waals surface area contributed by atoms with Gasteiger partial charge in [0.15, 0.2) is 18.2 Å². The SMILES string of the molecule is O=C(COC(=O)C1CCN(C(=O)c2ccco2)CC1)c1ccc2c(c1)CCCC2. The Kier molecular flexibility index (Phi) is 5.79. The van der Waals surface area contributed by atoms with Gasteiger partial charge >= 0.3 is 5.97 Å². The number of ether oxygens (including phenoxy) is 1. The molecule has 1 aliphatic carbocycles. The number of carbonyl (C=O) groups is 3. The molecule has 4 rings (SSSR count). The van der Waals surface area contributed by atoms with Crippen LogP contribution in [0.25, 0.3) is 0 Å². The van der Waals surface area contributed by atoms with Crippen LogP contribution in [0.15, 0.2) is 41.0 Å². The van der Waals surface area contributed by atoms with Crippen LogP contribution < -0.4 is 0 Å². The molecule has 1 amide bonds. The molecule has 1 aromatic heterocycles. The van der Waals surface area contributed by atoms with E-state index >= 15 is 0 Å². The van der Waals surface area contributed by atoms with Gasteiger partial charge in [0.05, 0.1) is 12.2 Å². The number of ketones is 1. The van der Waals surface area contributed by atoms with E-state index in [1.165, 1.54) is 23.8 Å². The normalized spacial score (nSPS) is 16.9. The zero-order chi connectivity index (χ0) is 20.2. The molecule has 1 saturated heterocycles. The molecule has 152 valence electrons. The van der Waals surface area contributed by atoms with E-state index in [9.17, 15) is 14.4 Å². The van der Waals surface area contributed by atoms with E-state index in [-0.39, 0.29) is 30.2 Å². The van der Waals surface area contributed by atoms with Crippen molar-refractivity contribution in [2.45, 2.75) is 38.5 Å².